The zero-order chi connectivity index (χ0) is 14.1. The third-order valence-electron chi connectivity index (χ3n) is 2.96. The van der Waals surface area contributed by atoms with Crippen LogP contribution in [0.4, 0.5) is 5.69 Å². The Labute approximate surface area is 121 Å². The van der Waals surface area contributed by atoms with Gasteiger partial charge in [0.15, 0.2) is 0 Å². The summed E-state index contributed by atoms with van der Waals surface area (Å²) in [7, 11) is 0. The van der Waals surface area contributed by atoms with Crippen LogP contribution in [-0.4, -0.2) is 18.9 Å². The molecule has 102 valence electrons. The fourth-order valence-electron chi connectivity index (χ4n) is 1.86. The molecule has 0 atom stereocenters. The van der Waals surface area contributed by atoms with Gasteiger partial charge in [-0.2, -0.15) is 4.37 Å². The molecule has 0 amide bonds. The number of imidazole rings is 1. The highest BCUT2D eigenvalue weighted by Gasteiger charge is 2.13. The summed E-state index contributed by atoms with van der Waals surface area (Å²) in [6, 6.07) is 7.65. The molecule has 0 fully saturated rings. The lowest BCUT2D eigenvalue weighted by molar-refractivity contribution is 0.793. The lowest BCUT2D eigenvalue weighted by atomic mass is 10.2. The Hall–Kier alpha value is -2.21. The van der Waals surface area contributed by atoms with Crippen LogP contribution in [-0.2, 0) is 0 Å². The summed E-state index contributed by atoms with van der Waals surface area (Å²) in [6.07, 6.45) is 3.67. The van der Waals surface area contributed by atoms with Crippen LogP contribution in [0.25, 0.3) is 16.5 Å². The Balaban J connectivity index is 2.03. The number of nitrogen functional groups attached to an aromatic ring is 1. The van der Waals surface area contributed by atoms with E-state index in [1.54, 1.807) is 6.20 Å². The predicted octanol–water partition coefficient (Wildman–Crippen LogP) is 3.10. The van der Waals surface area contributed by atoms with Gasteiger partial charge in [-0.25, -0.2) is 9.97 Å². The number of nitrogens with two attached hydrogens (primary N) is 1. The molecule has 1 aromatic carbocycles. The highest BCUT2D eigenvalue weighted by molar-refractivity contribution is 7.08. The maximum atomic E-state index is 5.72. The van der Waals surface area contributed by atoms with Gasteiger partial charge in [0.05, 0.1) is 0 Å². The Morgan fingerprint density at radius 2 is 1.95 bits per heavy atom. The Bertz CT molecular complexity index is 711. The van der Waals surface area contributed by atoms with Gasteiger partial charge in [0.1, 0.15) is 11.6 Å². The van der Waals surface area contributed by atoms with Gasteiger partial charge in [-0.1, -0.05) is 13.8 Å². The van der Waals surface area contributed by atoms with Gasteiger partial charge in [0, 0.05) is 41.1 Å². The van der Waals surface area contributed by atoms with Crippen molar-refractivity contribution < 1.29 is 0 Å². The van der Waals surface area contributed by atoms with Crippen LogP contribution in [0.2, 0.25) is 0 Å². The SMILES string of the molecule is CC(C)c1nsc(-n2ccnc2-c2ccc(N)cc2)n1. The summed E-state index contributed by atoms with van der Waals surface area (Å²) >= 11 is 1.38. The minimum atomic E-state index is 0.323. The molecule has 6 heteroatoms. The first kappa shape index (κ1) is 12.8. The summed E-state index contributed by atoms with van der Waals surface area (Å²) in [6.45, 7) is 4.17. The number of anilines is 1. The van der Waals surface area contributed by atoms with Crippen LogP contribution in [0.5, 0.6) is 0 Å². The van der Waals surface area contributed by atoms with E-state index in [0.717, 1.165) is 28.0 Å². The van der Waals surface area contributed by atoms with Crippen molar-refractivity contribution in [1.82, 2.24) is 18.9 Å². The Morgan fingerprint density at radius 3 is 2.60 bits per heavy atom. The molecular weight excluding hydrogens is 270 g/mol. The van der Waals surface area contributed by atoms with Crippen molar-refractivity contribution in [3.05, 3.63) is 42.5 Å². The third-order valence-corrected chi connectivity index (χ3v) is 3.69. The molecule has 0 aliphatic heterocycles. The fourth-order valence-corrected chi connectivity index (χ4v) is 2.66. The largest absolute Gasteiger partial charge is 0.399 e. The number of aromatic nitrogens is 4. The average Bonchev–Trinajstić information content (AvgIpc) is 3.08. The van der Waals surface area contributed by atoms with E-state index in [2.05, 4.69) is 28.2 Å². The average molecular weight is 285 g/mol. The van der Waals surface area contributed by atoms with E-state index in [1.807, 2.05) is 35.0 Å². The monoisotopic (exact) mass is 285 g/mol. The fraction of sp³-hybridized carbons (Fsp3) is 0.214. The topological polar surface area (TPSA) is 69.6 Å². The first-order valence-electron chi connectivity index (χ1n) is 6.38. The van der Waals surface area contributed by atoms with E-state index in [-0.39, 0.29) is 0 Å². The second kappa shape index (κ2) is 5.05. The molecular formula is C14H15N5S. The highest BCUT2D eigenvalue weighted by atomic mass is 32.1. The molecule has 2 aromatic heterocycles. The van der Waals surface area contributed by atoms with Crippen molar-refractivity contribution >= 4 is 17.2 Å². The van der Waals surface area contributed by atoms with Gasteiger partial charge in [0.2, 0.25) is 5.13 Å². The van der Waals surface area contributed by atoms with Crippen molar-refractivity contribution in [2.45, 2.75) is 19.8 Å². The van der Waals surface area contributed by atoms with E-state index in [4.69, 9.17) is 5.73 Å². The van der Waals surface area contributed by atoms with Crippen molar-refractivity contribution in [3.63, 3.8) is 0 Å². The Kier molecular flexibility index (Phi) is 3.23. The summed E-state index contributed by atoms with van der Waals surface area (Å²) < 4.78 is 6.34. The van der Waals surface area contributed by atoms with Crippen molar-refractivity contribution in [1.29, 1.82) is 0 Å². The van der Waals surface area contributed by atoms with Gasteiger partial charge in [0.25, 0.3) is 0 Å². The van der Waals surface area contributed by atoms with E-state index in [9.17, 15) is 0 Å². The summed E-state index contributed by atoms with van der Waals surface area (Å²) in [4.78, 5) is 8.97. The van der Waals surface area contributed by atoms with Gasteiger partial charge in [-0.3, -0.25) is 4.57 Å². The molecule has 3 rings (SSSR count). The zero-order valence-corrected chi connectivity index (χ0v) is 12.1. The van der Waals surface area contributed by atoms with Gasteiger partial charge < -0.3 is 5.73 Å². The van der Waals surface area contributed by atoms with Crippen LogP contribution in [0.15, 0.2) is 36.7 Å². The molecule has 0 spiro atoms. The van der Waals surface area contributed by atoms with Crippen molar-refractivity contribution in [2.75, 3.05) is 5.73 Å². The number of rotatable bonds is 3. The maximum absolute atomic E-state index is 5.72. The van der Waals surface area contributed by atoms with Crippen molar-refractivity contribution in [2.24, 2.45) is 0 Å². The molecule has 2 heterocycles. The van der Waals surface area contributed by atoms with E-state index in [1.165, 1.54) is 11.5 Å². The number of hydrogen-bond donors (Lipinski definition) is 1. The standard InChI is InChI=1S/C14H15N5S/c1-9(2)12-17-14(20-18-12)19-8-7-16-13(19)10-3-5-11(15)6-4-10/h3-9H,15H2,1-2H3. The molecule has 2 N–H and O–H groups in total. The van der Waals surface area contributed by atoms with E-state index >= 15 is 0 Å². The van der Waals surface area contributed by atoms with Crippen LogP contribution in [0, 0.1) is 0 Å². The molecule has 0 saturated carbocycles. The second-order valence-corrected chi connectivity index (χ2v) is 5.56. The molecule has 0 aliphatic carbocycles. The predicted molar refractivity (Wildman–Crippen MR) is 81.0 cm³/mol. The first-order chi connectivity index (χ1) is 9.65. The van der Waals surface area contributed by atoms with Crippen LogP contribution in [0.1, 0.15) is 25.6 Å². The van der Waals surface area contributed by atoms with Gasteiger partial charge >= 0.3 is 0 Å². The molecule has 0 bridgehead atoms. The van der Waals surface area contributed by atoms with Crippen LogP contribution >= 0.6 is 11.5 Å². The zero-order valence-electron chi connectivity index (χ0n) is 11.3. The number of hydrogen-bond acceptors (Lipinski definition) is 5. The number of benzene rings is 1. The molecule has 5 nitrogen and oxygen atoms in total. The first-order valence-corrected chi connectivity index (χ1v) is 7.15. The summed E-state index contributed by atoms with van der Waals surface area (Å²) in [5.74, 6) is 2.03. The molecule has 0 unspecified atom stereocenters. The number of nitrogens with zero attached hydrogens (tertiary/aromatic N) is 4. The quantitative estimate of drug-likeness (QED) is 0.751. The van der Waals surface area contributed by atoms with Gasteiger partial charge in [-0.15, -0.1) is 0 Å². The molecule has 0 radical (unpaired) electrons. The maximum Gasteiger partial charge on any atom is 0.215 e. The van der Waals surface area contributed by atoms with Crippen LogP contribution < -0.4 is 5.73 Å². The Morgan fingerprint density at radius 1 is 1.20 bits per heavy atom. The lowest BCUT2D eigenvalue weighted by Gasteiger charge is -2.04. The van der Waals surface area contributed by atoms with Crippen molar-refractivity contribution in [3.8, 4) is 16.5 Å². The van der Waals surface area contributed by atoms with E-state index in [0.29, 0.717) is 5.92 Å². The highest BCUT2D eigenvalue weighted by Crippen LogP contribution is 2.24. The molecule has 3 aromatic rings. The minimum absolute atomic E-state index is 0.323. The normalized spacial score (nSPS) is 11.2. The van der Waals surface area contributed by atoms with E-state index < -0.39 is 0 Å². The van der Waals surface area contributed by atoms with Gasteiger partial charge in [-0.05, 0) is 24.3 Å². The second-order valence-electron chi connectivity index (χ2n) is 4.83. The molecule has 0 saturated heterocycles. The summed E-state index contributed by atoms with van der Waals surface area (Å²) in [5, 5.41) is 0.832. The molecule has 20 heavy (non-hydrogen) atoms. The smallest absolute Gasteiger partial charge is 0.215 e. The van der Waals surface area contributed by atoms with Crippen LogP contribution in [0.3, 0.4) is 0 Å². The summed E-state index contributed by atoms with van der Waals surface area (Å²) in [5.41, 5.74) is 7.46. The third kappa shape index (κ3) is 2.30. The minimum Gasteiger partial charge on any atom is -0.399 e. The lowest BCUT2D eigenvalue weighted by Crippen LogP contribution is -1.97. The molecule has 0 aliphatic rings.